The summed E-state index contributed by atoms with van der Waals surface area (Å²) in [5.74, 6) is -1.95. The molecule has 1 heterocycles. The lowest BCUT2D eigenvalue weighted by Crippen LogP contribution is -2.28. The number of benzene rings is 2. The van der Waals surface area contributed by atoms with E-state index in [9.17, 15) is 19.2 Å². The number of anilines is 2. The highest BCUT2D eigenvalue weighted by Gasteiger charge is 2.37. The maximum atomic E-state index is 12.4. The van der Waals surface area contributed by atoms with E-state index in [0.717, 1.165) is 17.7 Å². The van der Waals surface area contributed by atoms with Crippen molar-refractivity contribution in [2.75, 3.05) is 23.4 Å². The number of para-hydroxylation sites is 1. The highest BCUT2D eigenvalue weighted by atomic mass is 16.5. The first-order chi connectivity index (χ1) is 14.4. The molecule has 1 N–H and O–H groups in total. The summed E-state index contributed by atoms with van der Waals surface area (Å²) in [5, 5.41) is 2.60. The van der Waals surface area contributed by atoms with Crippen molar-refractivity contribution in [3.8, 4) is 0 Å². The molecule has 2 aromatic carbocycles. The number of aryl methyl sites for hydroxylation is 1. The van der Waals surface area contributed by atoms with Crippen LogP contribution in [0.15, 0.2) is 48.5 Å². The summed E-state index contributed by atoms with van der Waals surface area (Å²) in [5.41, 5.74) is 2.76. The molecule has 1 saturated heterocycles. The molecule has 1 fully saturated rings. The molecule has 30 heavy (non-hydrogen) atoms. The number of esters is 1. The highest BCUT2D eigenvalue weighted by molar-refractivity contribution is 6.01. The third-order valence-corrected chi connectivity index (χ3v) is 5.02. The van der Waals surface area contributed by atoms with E-state index >= 15 is 0 Å². The second kappa shape index (κ2) is 9.35. The molecule has 3 rings (SSSR count). The van der Waals surface area contributed by atoms with Gasteiger partial charge in [0, 0.05) is 29.9 Å². The van der Waals surface area contributed by atoms with Gasteiger partial charge in [-0.1, -0.05) is 37.3 Å². The van der Waals surface area contributed by atoms with Gasteiger partial charge in [0.2, 0.25) is 5.91 Å². The zero-order chi connectivity index (χ0) is 21.7. The van der Waals surface area contributed by atoms with Gasteiger partial charge >= 0.3 is 5.97 Å². The van der Waals surface area contributed by atoms with Crippen molar-refractivity contribution < 1.29 is 23.9 Å². The lowest BCUT2D eigenvalue weighted by molar-refractivity contribution is -0.151. The molecule has 2 amide bonds. The van der Waals surface area contributed by atoms with Gasteiger partial charge in [-0.3, -0.25) is 19.2 Å². The van der Waals surface area contributed by atoms with Gasteiger partial charge < -0.3 is 15.0 Å². The Morgan fingerprint density at radius 1 is 1.13 bits per heavy atom. The Labute approximate surface area is 175 Å². The van der Waals surface area contributed by atoms with Crippen LogP contribution in [0.1, 0.15) is 36.2 Å². The lowest BCUT2D eigenvalue weighted by atomic mass is 10.1. The predicted octanol–water partition coefficient (Wildman–Crippen LogP) is 2.99. The molecule has 1 aliphatic heterocycles. The fourth-order valence-corrected chi connectivity index (χ4v) is 3.44. The number of nitrogens with zero attached hydrogens (tertiary/aromatic N) is 1. The van der Waals surface area contributed by atoms with Gasteiger partial charge in [0.25, 0.3) is 5.91 Å². The standard InChI is InChI=1S/C23H24N2O5/c1-3-16-7-4-5-10-20(16)25-13-18(12-22(25)28)23(29)30-14-21(27)24-19-9-6-8-17(11-19)15(2)26/h4-11,18H,3,12-14H2,1-2H3,(H,24,27)/t18-/m1/s1. The molecule has 0 aromatic heterocycles. The number of hydrogen-bond donors (Lipinski definition) is 1. The number of rotatable bonds is 7. The smallest absolute Gasteiger partial charge is 0.311 e. The van der Waals surface area contributed by atoms with Gasteiger partial charge in [-0.15, -0.1) is 0 Å². The average molecular weight is 408 g/mol. The van der Waals surface area contributed by atoms with Crippen LogP contribution in [-0.4, -0.2) is 36.7 Å². The topological polar surface area (TPSA) is 92.8 Å². The van der Waals surface area contributed by atoms with Crippen LogP contribution >= 0.6 is 0 Å². The predicted molar refractivity (Wildman–Crippen MR) is 112 cm³/mol. The molecule has 0 bridgehead atoms. The quantitative estimate of drug-likeness (QED) is 0.562. The van der Waals surface area contributed by atoms with Gasteiger partial charge in [0.15, 0.2) is 12.4 Å². The molecule has 0 spiro atoms. The Morgan fingerprint density at radius 2 is 1.90 bits per heavy atom. The van der Waals surface area contributed by atoms with Crippen molar-refractivity contribution in [3.63, 3.8) is 0 Å². The number of ketones is 1. The minimum atomic E-state index is -0.615. The fourth-order valence-electron chi connectivity index (χ4n) is 3.44. The molecule has 0 radical (unpaired) electrons. The maximum absolute atomic E-state index is 12.4. The number of ether oxygens (including phenoxy) is 1. The average Bonchev–Trinajstić information content (AvgIpc) is 3.13. The van der Waals surface area contributed by atoms with Gasteiger partial charge in [-0.2, -0.15) is 0 Å². The molecule has 0 aliphatic carbocycles. The normalized spacial score (nSPS) is 15.7. The van der Waals surface area contributed by atoms with E-state index in [1.807, 2.05) is 31.2 Å². The first-order valence-corrected chi connectivity index (χ1v) is 9.84. The van der Waals surface area contributed by atoms with Crippen molar-refractivity contribution in [2.24, 2.45) is 5.92 Å². The summed E-state index contributed by atoms with van der Waals surface area (Å²) in [6, 6.07) is 14.1. The third-order valence-electron chi connectivity index (χ3n) is 5.02. The summed E-state index contributed by atoms with van der Waals surface area (Å²) in [6.07, 6.45) is 0.833. The zero-order valence-electron chi connectivity index (χ0n) is 17.0. The van der Waals surface area contributed by atoms with Crippen LogP contribution in [0.2, 0.25) is 0 Å². The third kappa shape index (κ3) is 4.92. The summed E-state index contributed by atoms with van der Waals surface area (Å²) in [6.45, 7) is 3.22. The first kappa shape index (κ1) is 21.2. The molecule has 7 nitrogen and oxygen atoms in total. The van der Waals surface area contributed by atoms with Crippen molar-refractivity contribution in [2.45, 2.75) is 26.7 Å². The Bertz CT molecular complexity index is 985. The van der Waals surface area contributed by atoms with Crippen molar-refractivity contribution >= 4 is 34.9 Å². The summed E-state index contributed by atoms with van der Waals surface area (Å²) >= 11 is 0. The molecular formula is C23H24N2O5. The second-order valence-electron chi connectivity index (χ2n) is 7.18. The van der Waals surface area contributed by atoms with Crippen LogP contribution < -0.4 is 10.2 Å². The minimum Gasteiger partial charge on any atom is -0.455 e. The molecule has 7 heteroatoms. The van der Waals surface area contributed by atoms with E-state index in [-0.39, 0.29) is 24.7 Å². The summed E-state index contributed by atoms with van der Waals surface area (Å²) in [4.78, 5) is 50.0. The summed E-state index contributed by atoms with van der Waals surface area (Å²) < 4.78 is 5.13. The Hall–Kier alpha value is -3.48. The lowest BCUT2D eigenvalue weighted by Gasteiger charge is -2.19. The molecule has 1 atom stereocenters. The minimum absolute atomic E-state index is 0.0547. The van der Waals surface area contributed by atoms with Gasteiger partial charge in [0.05, 0.1) is 5.92 Å². The SMILES string of the molecule is CCc1ccccc1N1C[C@H](C(=O)OCC(=O)Nc2cccc(C(C)=O)c2)CC1=O. The summed E-state index contributed by atoms with van der Waals surface area (Å²) in [7, 11) is 0. The monoisotopic (exact) mass is 408 g/mol. The number of carbonyl (C=O) groups is 4. The number of nitrogens with one attached hydrogen (secondary N) is 1. The van der Waals surface area contributed by atoms with E-state index in [1.165, 1.54) is 6.92 Å². The van der Waals surface area contributed by atoms with Crippen LogP contribution in [0.4, 0.5) is 11.4 Å². The molecule has 0 saturated carbocycles. The number of hydrogen-bond acceptors (Lipinski definition) is 5. The molecule has 2 aromatic rings. The van der Waals surface area contributed by atoms with E-state index in [1.54, 1.807) is 29.2 Å². The van der Waals surface area contributed by atoms with E-state index in [4.69, 9.17) is 4.74 Å². The van der Waals surface area contributed by atoms with Gasteiger partial charge in [-0.25, -0.2) is 0 Å². The second-order valence-corrected chi connectivity index (χ2v) is 7.18. The van der Waals surface area contributed by atoms with Crippen LogP contribution in [0.5, 0.6) is 0 Å². The Kier molecular flexibility index (Phi) is 6.61. The van der Waals surface area contributed by atoms with Crippen LogP contribution in [-0.2, 0) is 25.5 Å². The number of amides is 2. The highest BCUT2D eigenvalue weighted by Crippen LogP contribution is 2.29. The molecule has 0 unspecified atom stereocenters. The largest absolute Gasteiger partial charge is 0.455 e. The van der Waals surface area contributed by atoms with Gasteiger partial charge in [0.1, 0.15) is 0 Å². The fraction of sp³-hybridized carbons (Fsp3) is 0.304. The van der Waals surface area contributed by atoms with Crippen molar-refractivity contribution in [1.29, 1.82) is 0 Å². The molecule has 156 valence electrons. The maximum Gasteiger partial charge on any atom is 0.311 e. The van der Waals surface area contributed by atoms with Crippen LogP contribution in [0, 0.1) is 5.92 Å². The van der Waals surface area contributed by atoms with Crippen molar-refractivity contribution in [1.82, 2.24) is 0 Å². The van der Waals surface area contributed by atoms with Crippen LogP contribution in [0.25, 0.3) is 0 Å². The Balaban J connectivity index is 1.55. The number of carbonyl (C=O) groups excluding carboxylic acids is 4. The van der Waals surface area contributed by atoms with Gasteiger partial charge in [-0.05, 0) is 37.1 Å². The molecular weight excluding hydrogens is 384 g/mol. The van der Waals surface area contributed by atoms with E-state index in [0.29, 0.717) is 11.3 Å². The first-order valence-electron chi connectivity index (χ1n) is 9.84. The van der Waals surface area contributed by atoms with E-state index in [2.05, 4.69) is 5.32 Å². The van der Waals surface area contributed by atoms with E-state index < -0.39 is 24.4 Å². The zero-order valence-corrected chi connectivity index (χ0v) is 17.0. The van der Waals surface area contributed by atoms with Crippen LogP contribution in [0.3, 0.4) is 0 Å². The number of Topliss-reactive ketones (excluding diaryl/α,β-unsaturated/α-hetero) is 1. The molecule has 1 aliphatic rings. The van der Waals surface area contributed by atoms with Crippen molar-refractivity contribution in [3.05, 3.63) is 59.7 Å². The Morgan fingerprint density at radius 3 is 2.63 bits per heavy atom.